The van der Waals surface area contributed by atoms with E-state index >= 15 is 0 Å². The zero-order chi connectivity index (χ0) is 31.7. The van der Waals surface area contributed by atoms with Crippen LogP contribution in [0.2, 0.25) is 0 Å². The first kappa shape index (κ1) is 31.6. The Morgan fingerprint density at radius 3 is 2.23 bits per heavy atom. The molecule has 0 unspecified atom stereocenters. The van der Waals surface area contributed by atoms with Gasteiger partial charge in [0.15, 0.2) is 5.60 Å². The van der Waals surface area contributed by atoms with Crippen molar-refractivity contribution in [3.63, 3.8) is 0 Å². The second-order valence-corrected chi connectivity index (χ2v) is 12.9. The van der Waals surface area contributed by atoms with E-state index in [-0.39, 0.29) is 30.6 Å². The quantitative estimate of drug-likeness (QED) is 0.177. The molecular weight excluding hydrogens is 564 g/mol. The fraction of sp³-hybridized carbons (Fsp3) is 0.645. The minimum atomic E-state index is -2.18. The summed E-state index contributed by atoms with van der Waals surface area (Å²) < 4.78 is 23.3. The van der Waals surface area contributed by atoms with E-state index in [4.69, 9.17) is 18.9 Å². The van der Waals surface area contributed by atoms with Gasteiger partial charge in [0.1, 0.15) is 30.5 Å². The molecule has 1 saturated heterocycles. The third-order valence-corrected chi connectivity index (χ3v) is 10.4. The minimum Gasteiger partial charge on any atom is -0.465 e. The summed E-state index contributed by atoms with van der Waals surface area (Å²) in [6.45, 7) is 6.10. The molecular formula is C31H40O12. The molecule has 236 valence electrons. The van der Waals surface area contributed by atoms with Crippen molar-refractivity contribution in [3.05, 3.63) is 47.0 Å². The number of rotatable bonds is 5. The first-order valence-electron chi connectivity index (χ1n) is 14.4. The Balaban J connectivity index is 1.85. The summed E-state index contributed by atoms with van der Waals surface area (Å²) in [7, 11) is 0. The topological polar surface area (TPSA) is 189 Å². The number of ether oxygens (including phenoxy) is 4. The van der Waals surface area contributed by atoms with Gasteiger partial charge in [-0.1, -0.05) is 32.0 Å². The predicted molar refractivity (Wildman–Crippen MR) is 147 cm³/mol. The van der Waals surface area contributed by atoms with Gasteiger partial charge in [0.2, 0.25) is 0 Å². The smallest absolute Gasteiger partial charge is 0.338 e. The number of carbonyl (C=O) groups excluding carboxylic acids is 3. The second-order valence-electron chi connectivity index (χ2n) is 12.9. The van der Waals surface area contributed by atoms with Crippen LogP contribution in [0.25, 0.3) is 0 Å². The molecule has 12 heteroatoms. The molecule has 2 bridgehead atoms. The monoisotopic (exact) mass is 604 g/mol. The Morgan fingerprint density at radius 1 is 1.02 bits per heavy atom. The molecule has 3 fully saturated rings. The molecule has 1 aliphatic heterocycles. The SMILES string of the molecule is CC(=O)OC[C@]12[C@H](O)[C@H](O)C3=C(C)[C@@H](O)C[C@@](O)([C@@H](OC(=O)c4ccccc4)[C@@H]1[C@]1(OC(C)=O)CO[C@@H]1C[C@@H]2O)C3(C)C. The van der Waals surface area contributed by atoms with E-state index in [0.29, 0.717) is 5.57 Å². The van der Waals surface area contributed by atoms with Gasteiger partial charge < -0.3 is 44.5 Å². The summed E-state index contributed by atoms with van der Waals surface area (Å²) >= 11 is 0. The van der Waals surface area contributed by atoms with Gasteiger partial charge in [-0.05, 0) is 30.2 Å². The molecule has 1 heterocycles. The highest BCUT2D eigenvalue weighted by atomic mass is 16.6. The maximum Gasteiger partial charge on any atom is 0.338 e. The molecule has 5 rings (SSSR count). The van der Waals surface area contributed by atoms with E-state index in [1.165, 1.54) is 12.1 Å². The van der Waals surface area contributed by atoms with E-state index in [9.17, 15) is 39.9 Å². The minimum absolute atomic E-state index is 0.0865. The van der Waals surface area contributed by atoms with Crippen LogP contribution in [0.5, 0.6) is 0 Å². The normalized spacial score (nSPS) is 41.4. The molecule has 4 aliphatic rings. The molecule has 1 aromatic carbocycles. The summed E-state index contributed by atoms with van der Waals surface area (Å²) in [6.07, 6.45) is -9.82. The lowest BCUT2D eigenvalue weighted by Gasteiger charge is -2.69. The molecule has 43 heavy (non-hydrogen) atoms. The molecule has 0 radical (unpaired) electrons. The van der Waals surface area contributed by atoms with Crippen molar-refractivity contribution in [2.75, 3.05) is 13.2 Å². The van der Waals surface area contributed by atoms with Gasteiger partial charge in [-0.25, -0.2) is 4.79 Å². The average Bonchev–Trinajstić information content (AvgIpc) is 2.93. The van der Waals surface area contributed by atoms with E-state index in [2.05, 4.69) is 0 Å². The molecule has 0 amide bonds. The van der Waals surface area contributed by atoms with Crippen LogP contribution in [-0.2, 0) is 28.5 Å². The number of benzene rings is 1. The molecule has 0 aromatic heterocycles. The van der Waals surface area contributed by atoms with Crippen LogP contribution in [0.15, 0.2) is 41.5 Å². The van der Waals surface area contributed by atoms with Crippen LogP contribution in [-0.4, -0.2) is 104 Å². The lowest BCUT2D eigenvalue weighted by molar-refractivity contribution is -0.371. The predicted octanol–water partition coefficient (Wildman–Crippen LogP) is 0.417. The third-order valence-electron chi connectivity index (χ3n) is 10.4. The number of fused-ring (bicyclic) bond motifs is 5. The summed E-state index contributed by atoms with van der Waals surface area (Å²) in [5, 5.41) is 59.9. The van der Waals surface area contributed by atoms with Gasteiger partial charge in [0.05, 0.1) is 41.8 Å². The largest absolute Gasteiger partial charge is 0.465 e. The van der Waals surface area contributed by atoms with Gasteiger partial charge in [0.25, 0.3) is 0 Å². The molecule has 5 N–H and O–H groups in total. The van der Waals surface area contributed by atoms with Crippen LogP contribution in [0.1, 0.15) is 57.8 Å². The van der Waals surface area contributed by atoms with Crippen molar-refractivity contribution in [2.45, 2.75) is 95.3 Å². The highest BCUT2D eigenvalue weighted by Gasteiger charge is 2.79. The van der Waals surface area contributed by atoms with Crippen molar-refractivity contribution < 1.29 is 58.9 Å². The first-order valence-corrected chi connectivity index (χ1v) is 14.4. The first-order chi connectivity index (χ1) is 20.0. The zero-order valence-corrected chi connectivity index (χ0v) is 24.9. The van der Waals surface area contributed by atoms with Crippen molar-refractivity contribution in [1.82, 2.24) is 0 Å². The van der Waals surface area contributed by atoms with Crippen LogP contribution >= 0.6 is 0 Å². The lowest BCUT2D eigenvalue weighted by atomic mass is 9.44. The second kappa shape index (κ2) is 10.6. The van der Waals surface area contributed by atoms with Gasteiger partial charge in [-0.2, -0.15) is 0 Å². The van der Waals surface area contributed by atoms with E-state index in [0.717, 1.165) is 13.8 Å². The molecule has 0 spiro atoms. The fourth-order valence-corrected chi connectivity index (χ4v) is 8.18. The molecule has 10 atom stereocenters. The van der Waals surface area contributed by atoms with Crippen LogP contribution < -0.4 is 0 Å². The van der Waals surface area contributed by atoms with Gasteiger partial charge in [-0.3, -0.25) is 9.59 Å². The molecule has 2 saturated carbocycles. The number of hydrogen-bond donors (Lipinski definition) is 5. The molecule has 12 nitrogen and oxygen atoms in total. The Labute approximate surface area is 249 Å². The van der Waals surface area contributed by atoms with Gasteiger partial charge >= 0.3 is 17.9 Å². The molecule has 1 aromatic rings. The molecule has 3 aliphatic carbocycles. The van der Waals surface area contributed by atoms with Gasteiger partial charge in [-0.15, -0.1) is 0 Å². The maximum absolute atomic E-state index is 13.8. The summed E-state index contributed by atoms with van der Waals surface area (Å²) in [6, 6.07) is 7.94. The van der Waals surface area contributed by atoms with Crippen LogP contribution in [0.4, 0.5) is 0 Å². The van der Waals surface area contributed by atoms with E-state index in [1.807, 2.05) is 0 Å². The maximum atomic E-state index is 13.8. The number of carbonyl (C=O) groups is 3. The van der Waals surface area contributed by atoms with Crippen molar-refractivity contribution >= 4 is 17.9 Å². The Bertz CT molecular complexity index is 1330. The van der Waals surface area contributed by atoms with Crippen LogP contribution in [0, 0.1) is 16.7 Å². The van der Waals surface area contributed by atoms with Crippen LogP contribution in [0.3, 0.4) is 0 Å². The lowest BCUT2D eigenvalue weighted by Crippen LogP contribution is -2.83. The van der Waals surface area contributed by atoms with E-state index in [1.54, 1.807) is 39.0 Å². The highest BCUT2D eigenvalue weighted by Crippen LogP contribution is 2.65. The highest BCUT2D eigenvalue weighted by molar-refractivity contribution is 5.89. The summed E-state index contributed by atoms with van der Waals surface area (Å²) in [5.74, 6) is -3.88. The van der Waals surface area contributed by atoms with Crippen molar-refractivity contribution in [1.29, 1.82) is 0 Å². The Kier molecular flexibility index (Phi) is 7.81. The summed E-state index contributed by atoms with van der Waals surface area (Å²) in [4.78, 5) is 38.6. The number of aliphatic hydroxyl groups excluding tert-OH is 4. The van der Waals surface area contributed by atoms with E-state index < -0.39 is 89.1 Å². The zero-order valence-electron chi connectivity index (χ0n) is 24.9. The fourth-order valence-electron chi connectivity index (χ4n) is 8.18. The van der Waals surface area contributed by atoms with Gasteiger partial charge in [0, 0.05) is 32.1 Å². The Morgan fingerprint density at radius 2 is 1.67 bits per heavy atom. The van der Waals surface area contributed by atoms with Crippen molar-refractivity contribution in [2.24, 2.45) is 16.7 Å². The number of aliphatic hydroxyl groups is 5. The average molecular weight is 605 g/mol. The number of hydrogen-bond acceptors (Lipinski definition) is 12. The Hall–Kier alpha value is -2.87. The standard InChI is InChI=1S/C31H40O12/c1-15-19(34)12-31(39)26(42-27(38)18-9-7-6-8-10-18)24-29(13-40-16(2)32,25(37)23(36)22(15)28(31,4)5)20(35)11-21-30(24,14-41-21)43-17(3)33/h6-10,19-21,23-26,34-37,39H,11-14H2,1-5H3/t19-,20-,21+,23+,24-,25+,26-,29+,30-,31+/m0/s1. The third kappa shape index (κ3) is 4.45. The number of esters is 3. The summed E-state index contributed by atoms with van der Waals surface area (Å²) in [5.41, 5.74) is -6.88. The van der Waals surface area contributed by atoms with Crippen molar-refractivity contribution in [3.8, 4) is 0 Å².